The summed E-state index contributed by atoms with van der Waals surface area (Å²) < 4.78 is 5.72. The van der Waals surface area contributed by atoms with E-state index in [1.165, 1.54) is 0 Å². The molecule has 3 rings (SSSR count). The Morgan fingerprint density at radius 1 is 1.29 bits per heavy atom. The largest absolute Gasteiger partial charge is 0.484 e. The highest BCUT2D eigenvalue weighted by atomic mass is 35.5. The number of halogens is 1. The molecule has 21 heavy (non-hydrogen) atoms. The molecular weight excluding hydrogens is 306 g/mol. The number of anilines is 1. The van der Waals surface area contributed by atoms with Crippen LogP contribution in [0.1, 0.15) is 11.4 Å². The van der Waals surface area contributed by atoms with Crippen molar-refractivity contribution in [3.05, 3.63) is 46.1 Å². The zero-order valence-corrected chi connectivity index (χ0v) is 13.3. The molecule has 0 amide bonds. The van der Waals surface area contributed by atoms with Crippen LogP contribution in [0.2, 0.25) is 5.02 Å². The van der Waals surface area contributed by atoms with Crippen molar-refractivity contribution in [3.63, 3.8) is 0 Å². The molecule has 0 spiro atoms. The minimum Gasteiger partial charge on any atom is -0.484 e. The van der Waals surface area contributed by atoms with Gasteiger partial charge in [-0.3, -0.25) is 0 Å². The smallest absolute Gasteiger partial charge is 0.169 e. The molecule has 0 saturated carbocycles. The maximum absolute atomic E-state index is 6.16. The summed E-state index contributed by atoms with van der Waals surface area (Å²) in [5.74, 6) is 2.09. The van der Waals surface area contributed by atoms with Crippen LogP contribution in [0, 0.1) is 6.92 Å². The molecule has 1 N–H and O–H groups in total. The second-order valence-corrected chi connectivity index (χ2v) is 5.90. The first kappa shape index (κ1) is 14.1. The van der Waals surface area contributed by atoms with Crippen LogP contribution >= 0.6 is 22.9 Å². The van der Waals surface area contributed by atoms with Gasteiger partial charge in [-0.15, -0.1) is 11.3 Å². The Bertz CT molecular complexity index is 788. The SMILES string of the molecule is CNc1nc(COc2ccc(C)cc2Cl)nc2sccc12. The predicted octanol–water partition coefficient (Wildman–Crippen LogP) is 4.27. The molecule has 2 heterocycles. The summed E-state index contributed by atoms with van der Waals surface area (Å²) in [5, 5.41) is 6.71. The third kappa shape index (κ3) is 2.94. The van der Waals surface area contributed by atoms with E-state index in [9.17, 15) is 0 Å². The van der Waals surface area contributed by atoms with Gasteiger partial charge < -0.3 is 10.1 Å². The molecule has 0 fully saturated rings. The molecule has 4 nitrogen and oxygen atoms in total. The Morgan fingerprint density at radius 3 is 2.90 bits per heavy atom. The molecule has 0 aliphatic heterocycles. The van der Waals surface area contributed by atoms with Gasteiger partial charge in [-0.1, -0.05) is 17.7 Å². The molecule has 0 aliphatic rings. The Morgan fingerprint density at radius 2 is 2.14 bits per heavy atom. The van der Waals surface area contributed by atoms with Crippen molar-refractivity contribution in [2.24, 2.45) is 0 Å². The molecule has 0 aliphatic carbocycles. The fraction of sp³-hybridized carbons (Fsp3) is 0.200. The van der Waals surface area contributed by atoms with Crippen molar-refractivity contribution in [2.75, 3.05) is 12.4 Å². The van der Waals surface area contributed by atoms with Crippen molar-refractivity contribution >= 4 is 39.0 Å². The van der Waals surface area contributed by atoms with E-state index < -0.39 is 0 Å². The minimum absolute atomic E-state index is 0.283. The van der Waals surface area contributed by atoms with Gasteiger partial charge in [0.05, 0.1) is 10.4 Å². The second-order valence-electron chi connectivity index (χ2n) is 4.60. The maximum atomic E-state index is 6.16. The van der Waals surface area contributed by atoms with Crippen molar-refractivity contribution in [1.82, 2.24) is 9.97 Å². The summed E-state index contributed by atoms with van der Waals surface area (Å²) in [6.45, 7) is 2.27. The first-order valence-electron chi connectivity index (χ1n) is 6.48. The molecule has 0 saturated heterocycles. The van der Waals surface area contributed by atoms with E-state index >= 15 is 0 Å². The Kier molecular flexibility index (Phi) is 3.94. The molecule has 1 aromatic carbocycles. The summed E-state index contributed by atoms with van der Waals surface area (Å²) in [5.41, 5.74) is 1.10. The van der Waals surface area contributed by atoms with Crippen LogP contribution in [0.4, 0.5) is 5.82 Å². The Hall–Kier alpha value is -1.85. The third-order valence-corrected chi connectivity index (χ3v) is 4.15. The Balaban J connectivity index is 1.84. The fourth-order valence-corrected chi connectivity index (χ4v) is 3.09. The standard InChI is InChI=1S/C15H14ClN3OS/c1-9-3-4-12(11(16)7-9)20-8-13-18-14(17-2)10-5-6-21-15(10)19-13/h3-7H,8H2,1-2H3,(H,17,18,19). The molecule has 0 atom stereocenters. The molecule has 2 aromatic heterocycles. The molecule has 0 radical (unpaired) electrons. The first-order chi connectivity index (χ1) is 10.2. The number of nitrogens with one attached hydrogen (secondary N) is 1. The summed E-state index contributed by atoms with van der Waals surface area (Å²) in [6, 6.07) is 7.70. The number of hydrogen-bond acceptors (Lipinski definition) is 5. The highest BCUT2D eigenvalue weighted by molar-refractivity contribution is 7.16. The van der Waals surface area contributed by atoms with Gasteiger partial charge in [0.25, 0.3) is 0 Å². The summed E-state index contributed by atoms with van der Waals surface area (Å²) in [7, 11) is 1.85. The van der Waals surface area contributed by atoms with E-state index in [0.29, 0.717) is 16.6 Å². The zero-order valence-electron chi connectivity index (χ0n) is 11.7. The summed E-state index contributed by atoms with van der Waals surface area (Å²) in [4.78, 5) is 9.92. The Labute approximate surface area is 131 Å². The van der Waals surface area contributed by atoms with Gasteiger partial charge in [-0.2, -0.15) is 0 Å². The number of benzene rings is 1. The molecule has 0 bridgehead atoms. The van der Waals surface area contributed by atoms with Crippen molar-refractivity contribution in [3.8, 4) is 5.75 Å². The quantitative estimate of drug-likeness (QED) is 0.780. The van der Waals surface area contributed by atoms with E-state index in [1.807, 2.05) is 43.6 Å². The number of rotatable bonds is 4. The van der Waals surface area contributed by atoms with Gasteiger partial charge in [0, 0.05) is 7.05 Å². The molecule has 3 aromatic rings. The lowest BCUT2D eigenvalue weighted by molar-refractivity contribution is 0.297. The number of nitrogens with zero attached hydrogens (tertiary/aromatic N) is 2. The van der Waals surface area contributed by atoms with Gasteiger partial charge in [-0.25, -0.2) is 9.97 Å². The average molecular weight is 320 g/mol. The van der Waals surface area contributed by atoms with Crippen LogP contribution in [0.25, 0.3) is 10.2 Å². The number of aryl methyl sites for hydroxylation is 1. The van der Waals surface area contributed by atoms with E-state index in [-0.39, 0.29) is 6.61 Å². The monoisotopic (exact) mass is 319 g/mol. The number of hydrogen-bond donors (Lipinski definition) is 1. The normalized spacial score (nSPS) is 10.8. The number of fused-ring (bicyclic) bond motifs is 1. The average Bonchev–Trinajstić information content (AvgIpc) is 2.93. The number of aromatic nitrogens is 2. The van der Waals surface area contributed by atoms with E-state index in [2.05, 4.69) is 15.3 Å². The first-order valence-corrected chi connectivity index (χ1v) is 7.74. The summed E-state index contributed by atoms with van der Waals surface area (Å²) >= 11 is 7.74. The van der Waals surface area contributed by atoms with Gasteiger partial charge in [0.1, 0.15) is 23.0 Å². The zero-order chi connectivity index (χ0) is 14.8. The van der Waals surface area contributed by atoms with Crippen molar-refractivity contribution in [2.45, 2.75) is 13.5 Å². The maximum Gasteiger partial charge on any atom is 0.169 e. The predicted molar refractivity (Wildman–Crippen MR) is 87.5 cm³/mol. The highest BCUT2D eigenvalue weighted by Gasteiger charge is 2.09. The van der Waals surface area contributed by atoms with Crippen molar-refractivity contribution < 1.29 is 4.74 Å². The van der Waals surface area contributed by atoms with Gasteiger partial charge in [0.15, 0.2) is 5.82 Å². The van der Waals surface area contributed by atoms with E-state index in [4.69, 9.17) is 16.3 Å². The number of ether oxygens (including phenoxy) is 1. The van der Waals surface area contributed by atoms with Gasteiger partial charge >= 0.3 is 0 Å². The van der Waals surface area contributed by atoms with Crippen LogP contribution in [-0.2, 0) is 6.61 Å². The molecule has 6 heteroatoms. The van der Waals surface area contributed by atoms with Crippen LogP contribution in [0.5, 0.6) is 5.75 Å². The fourth-order valence-electron chi connectivity index (χ4n) is 2.02. The van der Waals surface area contributed by atoms with Crippen LogP contribution in [0.15, 0.2) is 29.6 Å². The second kappa shape index (κ2) is 5.87. The lowest BCUT2D eigenvalue weighted by Crippen LogP contribution is -2.04. The lowest BCUT2D eigenvalue weighted by atomic mass is 10.2. The third-order valence-electron chi connectivity index (χ3n) is 3.05. The number of thiophene rings is 1. The van der Waals surface area contributed by atoms with Crippen molar-refractivity contribution in [1.29, 1.82) is 0 Å². The summed E-state index contributed by atoms with van der Waals surface area (Å²) in [6.07, 6.45) is 0. The highest BCUT2D eigenvalue weighted by Crippen LogP contribution is 2.27. The topological polar surface area (TPSA) is 47.0 Å². The van der Waals surface area contributed by atoms with Crippen LogP contribution in [0.3, 0.4) is 0 Å². The van der Waals surface area contributed by atoms with Gasteiger partial charge in [0.2, 0.25) is 0 Å². The van der Waals surface area contributed by atoms with Crippen LogP contribution in [-0.4, -0.2) is 17.0 Å². The van der Waals surface area contributed by atoms with Crippen LogP contribution < -0.4 is 10.1 Å². The minimum atomic E-state index is 0.283. The van der Waals surface area contributed by atoms with Gasteiger partial charge in [-0.05, 0) is 36.1 Å². The van der Waals surface area contributed by atoms with E-state index in [0.717, 1.165) is 21.6 Å². The molecule has 0 unspecified atom stereocenters. The lowest BCUT2D eigenvalue weighted by Gasteiger charge is -2.09. The van der Waals surface area contributed by atoms with E-state index in [1.54, 1.807) is 11.3 Å². The molecular formula is C15H14ClN3OS. The molecule has 108 valence electrons.